The van der Waals surface area contributed by atoms with Crippen LogP contribution in [0, 0.1) is 11.7 Å². The van der Waals surface area contributed by atoms with Crippen LogP contribution in [0.5, 0.6) is 0 Å². The topological polar surface area (TPSA) is 23.6 Å². The first-order valence-corrected chi connectivity index (χ1v) is 9.51. The number of rotatable bonds is 3. The molecule has 3 heterocycles. The second-order valence-electron chi connectivity index (χ2n) is 7.32. The van der Waals surface area contributed by atoms with Crippen LogP contribution in [0.25, 0.3) is 0 Å². The van der Waals surface area contributed by atoms with Crippen LogP contribution in [0.1, 0.15) is 28.8 Å². The molecule has 0 spiro atoms. The zero-order chi connectivity index (χ0) is 18.1. The van der Waals surface area contributed by atoms with Crippen LogP contribution in [0.4, 0.5) is 4.39 Å². The van der Waals surface area contributed by atoms with Crippen molar-refractivity contribution in [1.29, 1.82) is 0 Å². The third-order valence-electron chi connectivity index (χ3n) is 5.54. The van der Waals surface area contributed by atoms with Crippen molar-refractivity contribution in [2.45, 2.75) is 25.4 Å². The fraction of sp³-hybridized carbons (Fsp3) is 0.381. The first-order valence-electron chi connectivity index (χ1n) is 9.13. The fourth-order valence-electron chi connectivity index (χ4n) is 4.19. The van der Waals surface area contributed by atoms with E-state index >= 15 is 0 Å². The van der Waals surface area contributed by atoms with E-state index in [1.54, 1.807) is 18.2 Å². The first-order chi connectivity index (χ1) is 12.6. The summed E-state index contributed by atoms with van der Waals surface area (Å²) < 4.78 is 14.3. The van der Waals surface area contributed by atoms with E-state index in [2.05, 4.69) is 4.90 Å². The van der Waals surface area contributed by atoms with Gasteiger partial charge in [0.25, 0.3) is 5.91 Å². The van der Waals surface area contributed by atoms with Gasteiger partial charge in [-0.05, 0) is 37.0 Å². The van der Waals surface area contributed by atoms with Crippen LogP contribution in [0.2, 0.25) is 5.02 Å². The highest BCUT2D eigenvalue weighted by atomic mass is 35.5. The number of nitrogens with zero attached hydrogens (tertiary/aromatic N) is 2. The molecule has 0 aromatic heterocycles. The third-order valence-corrected chi connectivity index (χ3v) is 5.83. The quantitative estimate of drug-likeness (QED) is 0.805. The van der Waals surface area contributed by atoms with Crippen LogP contribution in [-0.2, 0) is 6.54 Å². The summed E-state index contributed by atoms with van der Waals surface area (Å²) in [7, 11) is 0. The molecule has 0 N–H and O–H groups in total. The van der Waals surface area contributed by atoms with E-state index in [9.17, 15) is 9.18 Å². The molecule has 2 aromatic carbocycles. The van der Waals surface area contributed by atoms with Gasteiger partial charge in [0.15, 0.2) is 0 Å². The van der Waals surface area contributed by atoms with Crippen molar-refractivity contribution in [2.24, 2.45) is 5.92 Å². The van der Waals surface area contributed by atoms with Gasteiger partial charge in [-0.15, -0.1) is 0 Å². The van der Waals surface area contributed by atoms with Gasteiger partial charge in [-0.2, -0.15) is 0 Å². The number of halogens is 2. The number of fused-ring (bicyclic) bond motifs is 4. The van der Waals surface area contributed by atoms with Crippen molar-refractivity contribution in [3.05, 3.63) is 70.5 Å². The standard InChI is InChI=1S/C21H22ClFN2O/c22-19-8-4-7-17(20(19)23)13-24-11-15-9-10-18(24)14-25(12-15)21(26)16-5-2-1-3-6-16/h1-8,15,18H,9-14H2/t15-,18-/m0/s1. The van der Waals surface area contributed by atoms with E-state index in [0.29, 0.717) is 24.6 Å². The minimum atomic E-state index is -0.327. The SMILES string of the molecule is O=C(c1ccccc1)N1C[C@H]2CC[C@@H](C1)N(Cc1cccc(Cl)c1F)C2. The molecule has 0 radical (unpaired) electrons. The zero-order valence-corrected chi connectivity index (χ0v) is 15.3. The molecule has 5 heteroatoms. The van der Waals surface area contributed by atoms with Crippen molar-refractivity contribution in [1.82, 2.24) is 9.80 Å². The van der Waals surface area contributed by atoms with E-state index in [0.717, 1.165) is 31.5 Å². The van der Waals surface area contributed by atoms with Crippen molar-refractivity contribution in [2.75, 3.05) is 19.6 Å². The Balaban J connectivity index is 1.51. The molecule has 0 aliphatic carbocycles. The van der Waals surface area contributed by atoms with Gasteiger partial charge in [0.2, 0.25) is 0 Å². The highest BCUT2D eigenvalue weighted by molar-refractivity contribution is 6.30. The number of amides is 1. The Bertz CT molecular complexity index is 798. The van der Waals surface area contributed by atoms with Crippen LogP contribution in [0.15, 0.2) is 48.5 Å². The number of carbonyl (C=O) groups excluding carboxylic acids is 1. The zero-order valence-electron chi connectivity index (χ0n) is 14.6. The summed E-state index contributed by atoms with van der Waals surface area (Å²) >= 11 is 5.93. The molecule has 26 heavy (non-hydrogen) atoms. The van der Waals surface area contributed by atoms with Crippen molar-refractivity contribution >= 4 is 17.5 Å². The Morgan fingerprint density at radius 3 is 2.65 bits per heavy atom. The molecule has 136 valence electrons. The Morgan fingerprint density at radius 1 is 1.04 bits per heavy atom. The maximum atomic E-state index is 14.3. The normalized spacial score (nSPS) is 23.1. The van der Waals surface area contributed by atoms with Gasteiger partial charge in [-0.1, -0.05) is 41.9 Å². The summed E-state index contributed by atoms with van der Waals surface area (Å²) in [4.78, 5) is 17.2. The van der Waals surface area contributed by atoms with E-state index in [4.69, 9.17) is 11.6 Å². The van der Waals surface area contributed by atoms with E-state index in [1.165, 1.54) is 0 Å². The largest absolute Gasteiger partial charge is 0.337 e. The molecular formula is C21H22ClFN2O. The number of carbonyl (C=O) groups is 1. The molecule has 1 amide bonds. The summed E-state index contributed by atoms with van der Waals surface area (Å²) in [5.74, 6) is 0.202. The van der Waals surface area contributed by atoms with Gasteiger partial charge < -0.3 is 4.90 Å². The highest BCUT2D eigenvalue weighted by Crippen LogP contribution is 2.31. The van der Waals surface area contributed by atoms with Gasteiger partial charge in [0.1, 0.15) is 5.82 Å². The molecule has 3 saturated heterocycles. The van der Waals surface area contributed by atoms with Gasteiger partial charge in [0, 0.05) is 43.3 Å². The molecule has 3 nitrogen and oxygen atoms in total. The van der Waals surface area contributed by atoms with Crippen LogP contribution < -0.4 is 0 Å². The van der Waals surface area contributed by atoms with E-state index < -0.39 is 0 Å². The van der Waals surface area contributed by atoms with Crippen molar-refractivity contribution in [3.63, 3.8) is 0 Å². The number of hydrogen-bond donors (Lipinski definition) is 0. The van der Waals surface area contributed by atoms with Gasteiger partial charge in [-0.25, -0.2) is 4.39 Å². The maximum Gasteiger partial charge on any atom is 0.253 e. The lowest BCUT2D eigenvalue weighted by molar-refractivity contribution is 0.0735. The van der Waals surface area contributed by atoms with Crippen LogP contribution in [-0.4, -0.2) is 41.4 Å². The van der Waals surface area contributed by atoms with Gasteiger partial charge >= 0.3 is 0 Å². The molecule has 0 unspecified atom stereocenters. The summed E-state index contributed by atoms with van der Waals surface area (Å²) in [6.45, 7) is 2.92. The third kappa shape index (κ3) is 3.49. The summed E-state index contributed by atoms with van der Waals surface area (Å²) in [5, 5.41) is 0.170. The maximum absolute atomic E-state index is 14.3. The fourth-order valence-corrected chi connectivity index (χ4v) is 4.39. The van der Waals surface area contributed by atoms with Gasteiger partial charge in [-0.3, -0.25) is 9.69 Å². The molecule has 2 bridgehead atoms. The monoisotopic (exact) mass is 372 g/mol. The average molecular weight is 373 g/mol. The average Bonchev–Trinajstić information content (AvgIpc) is 2.97. The van der Waals surface area contributed by atoms with Crippen LogP contribution in [0.3, 0.4) is 0 Å². The first kappa shape index (κ1) is 17.5. The minimum absolute atomic E-state index is 0.0956. The minimum Gasteiger partial charge on any atom is -0.337 e. The van der Waals surface area contributed by atoms with Crippen molar-refractivity contribution < 1.29 is 9.18 Å². The second-order valence-corrected chi connectivity index (χ2v) is 7.72. The summed E-state index contributed by atoms with van der Waals surface area (Å²) in [6.07, 6.45) is 2.17. The predicted octanol–water partition coefficient (Wildman–Crippen LogP) is 4.22. The molecule has 5 rings (SSSR count). The van der Waals surface area contributed by atoms with E-state index in [-0.39, 0.29) is 22.8 Å². The number of piperidine rings is 1. The molecule has 0 saturated carbocycles. The lowest BCUT2D eigenvalue weighted by atomic mass is 9.94. The molecule has 3 fully saturated rings. The summed E-state index contributed by atoms with van der Waals surface area (Å²) in [6, 6.07) is 14.9. The van der Waals surface area contributed by atoms with Gasteiger partial charge in [0.05, 0.1) is 5.02 Å². The Labute approximate surface area is 158 Å². The highest BCUT2D eigenvalue weighted by Gasteiger charge is 2.36. The number of hydrogen-bond acceptors (Lipinski definition) is 2. The molecule has 2 atom stereocenters. The van der Waals surface area contributed by atoms with E-state index in [1.807, 2.05) is 35.2 Å². The Morgan fingerprint density at radius 2 is 1.85 bits per heavy atom. The molecule has 3 aliphatic rings. The molecule has 2 aromatic rings. The Hall–Kier alpha value is -1.91. The lowest BCUT2D eigenvalue weighted by Gasteiger charge is -2.36. The smallest absolute Gasteiger partial charge is 0.253 e. The summed E-state index contributed by atoms with van der Waals surface area (Å²) in [5.41, 5.74) is 1.37. The Kier molecular flexibility index (Phi) is 4.96. The predicted molar refractivity (Wildman–Crippen MR) is 101 cm³/mol. The molecular weight excluding hydrogens is 351 g/mol. The second kappa shape index (κ2) is 7.37. The van der Waals surface area contributed by atoms with Crippen LogP contribution >= 0.6 is 11.6 Å². The number of benzene rings is 2. The lowest BCUT2D eigenvalue weighted by Crippen LogP contribution is -2.44. The van der Waals surface area contributed by atoms with Crippen molar-refractivity contribution in [3.8, 4) is 0 Å². The molecule has 3 aliphatic heterocycles.